The van der Waals surface area contributed by atoms with Gasteiger partial charge in [0, 0.05) is 24.5 Å². The lowest BCUT2D eigenvalue weighted by molar-refractivity contribution is -0.130. The minimum absolute atomic E-state index is 0.183. The first-order chi connectivity index (χ1) is 14.0. The monoisotopic (exact) mass is 394 g/mol. The number of ketones is 1. The molecule has 0 aromatic carbocycles. The van der Waals surface area contributed by atoms with Crippen molar-refractivity contribution >= 4 is 5.78 Å². The summed E-state index contributed by atoms with van der Waals surface area (Å²) in [6.07, 6.45) is 16.4. The number of hydrogen-bond donors (Lipinski definition) is 1. The molecule has 9 atom stereocenters. The fraction of sp³-hybridized carbons (Fsp3) is 0.800. The van der Waals surface area contributed by atoms with Crippen LogP contribution in [0.15, 0.2) is 18.6 Å². The lowest BCUT2D eigenvalue weighted by Crippen LogP contribution is -2.50. The van der Waals surface area contributed by atoms with Gasteiger partial charge in [-0.3, -0.25) is 14.8 Å². The summed E-state index contributed by atoms with van der Waals surface area (Å²) in [5.74, 6) is 5.23. The normalized spacial score (nSPS) is 50.1. The molecule has 0 aliphatic heterocycles. The fourth-order valence-corrected chi connectivity index (χ4v) is 8.94. The van der Waals surface area contributed by atoms with Gasteiger partial charge in [0.05, 0.1) is 17.7 Å². The van der Waals surface area contributed by atoms with Gasteiger partial charge in [0.15, 0.2) is 0 Å². The molecule has 1 unspecified atom stereocenters. The molecule has 5 aliphatic rings. The number of aromatic nitrogens is 2. The number of Topliss-reactive ketones (excluding diaryl/α,β-unsaturated/α-hetero) is 1. The first-order valence-corrected chi connectivity index (χ1v) is 12.0. The molecule has 0 amide bonds. The number of hydrogen-bond acceptors (Lipinski definition) is 4. The van der Waals surface area contributed by atoms with Crippen molar-refractivity contribution in [1.82, 2.24) is 9.97 Å². The van der Waals surface area contributed by atoms with Crippen molar-refractivity contribution < 1.29 is 9.90 Å². The van der Waals surface area contributed by atoms with E-state index in [9.17, 15) is 9.90 Å². The third-order valence-corrected chi connectivity index (χ3v) is 10.3. The summed E-state index contributed by atoms with van der Waals surface area (Å²) < 4.78 is 0. The van der Waals surface area contributed by atoms with Gasteiger partial charge in [-0.25, -0.2) is 0 Å². The molecule has 0 bridgehead atoms. The minimum Gasteiger partial charge on any atom is -0.390 e. The molecule has 5 saturated carbocycles. The number of rotatable bonds is 3. The molecule has 6 rings (SSSR count). The fourth-order valence-electron chi connectivity index (χ4n) is 8.94. The van der Waals surface area contributed by atoms with Crippen molar-refractivity contribution in [2.45, 2.75) is 76.7 Å². The third-order valence-electron chi connectivity index (χ3n) is 10.3. The van der Waals surface area contributed by atoms with Gasteiger partial charge in [0.2, 0.25) is 0 Å². The van der Waals surface area contributed by atoms with E-state index in [-0.39, 0.29) is 16.9 Å². The maximum atomic E-state index is 13.3. The molecule has 4 nitrogen and oxygen atoms in total. The highest BCUT2D eigenvalue weighted by Crippen LogP contribution is 2.68. The van der Waals surface area contributed by atoms with Crippen LogP contribution in [0.5, 0.6) is 0 Å². The first kappa shape index (κ1) is 18.5. The number of aliphatic hydroxyl groups is 1. The zero-order valence-corrected chi connectivity index (χ0v) is 17.6. The largest absolute Gasteiger partial charge is 0.390 e. The van der Waals surface area contributed by atoms with E-state index in [4.69, 9.17) is 0 Å². The molecule has 4 heteroatoms. The Bertz CT molecular complexity index is 812. The van der Waals surface area contributed by atoms with Gasteiger partial charge >= 0.3 is 0 Å². The van der Waals surface area contributed by atoms with E-state index < -0.39 is 0 Å². The second-order valence-electron chi connectivity index (χ2n) is 11.3. The van der Waals surface area contributed by atoms with Crippen molar-refractivity contribution in [3.05, 3.63) is 24.3 Å². The second-order valence-corrected chi connectivity index (χ2v) is 11.3. The quantitative estimate of drug-likeness (QED) is 0.834. The summed E-state index contributed by atoms with van der Waals surface area (Å²) in [6, 6.07) is 0. The summed E-state index contributed by atoms with van der Waals surface area (Å²) in [7, 11) is 0. The molecule has 1 N–H and O–H groups in total. The molecule has 5 fully saturated rings. The summed E-state index contributed by atoms with van der Waals surface area (Å²) >= 11 is 0. The standard InChI is InChI=1S/C25H34N2O2/c1-24-8-6-16-17-7-9-25(29)13-22(25)19(17)3-2-18(16)20(24)4-5-21(24)23(28)12-15-14-26-10-11-27-15/h10-11,14,16-22,29H,2-9,12-13H2,1H3/t16-,17-,18-,19+,20+,21-,22?,24+,25+/m1/s1. The molecule has 29 heavy (non-hydrogen) atoms. The molecule has 1 aromatic heterocycles. The Morgan fingerprint density at radius 2 is 1.76 bits per heavy atom. The summed E-state index contributed by atoms with van der Waals surface area (Å²) in [5.41, 5.74) is 0.725. The molecular formula is C25H34N2O2. The molecule has 1 aromatic rings. The van der Waals surface area contributed by atoms with E-state index >= 15 is 0 Å². The lowest BCUT2D eigenvalue weighted by Gasteiger charge is -2.56. The van der Waals surface area contributed by atoms with E-state index in [2.05, 4.69) is 16.9 Å². The second kappa shape index (κ2) is 6.35. The number of fused-ring (bicyclic) bond motifs is 7. The zero-order chi connectivity index (χ0) is 19.8. The molecule has 0 spiro atoms. The van der Waals surface area contributed by atoms with E-state index in [1.165, 1.54) is 38.5 Å². The Hall–Kier alpha value is -1.29. The van der Waals surface area contributed by atoms with Crippen molar-refractivity contribution in [2.75, 3.05) is 0 Å². The van der Waals surface area contributed by atoms with Gasteiger partial charge in [-0.15, -0.1) is 0 Å². The number of carbonyl (C=O) groups excluding carboxylic acids is 1. The highest BCUT2D eigenvalue weighted by atomic mass is 16.3. The minimum atomic E-state index is -0.275. The van der Waals surface area contributed by atoms with Crippen LogP contribution >= 0.6 is 0 Å². The Kier molecular flexibility index (Phi) is 4.05. The highest BCUT2D eigenvalue weighted by molar-refractivity contribution is 5.84. The van der Waals surface area contributed by atoms with Gasteiger partial charge in [-0.1, -0.05) is 6.92 Å². The zero-order valence-electron chi connectivity index (χ0n) is 17.6. The van der Waals surface area contributed by atoms with Crippen molar-refractivity contribution in [1.29, 1.82) is 0 Å². The molecule has 156 valence electrons. The Balaban J connectivity index is 1.20. The average molecular weight is 395 g/mol. The van der Waals surface area contributed by atoms with Crippen LogP contribution in [0.4, 0.5) is 0 Å². The van der Waals surface area contributed by atoms with E-state index in [1.807, 2.05) is 0 Å². The molecule has 0 saturated heterocycles. The van der Waals surface area contributed by atoms with Crippen LogP contribution in [-0.4, -0.2) is 26.5 Å². The summed E-state index contributed by atoms with van der Waals surface area (Å²) in [5, 5.41) is 10.6. The van der Waals surface area contributed by atoms with Gasteiger partial charge in [0.25, 0.3) is 0 Å². The van der Waals surface area contributed by atoms with Crippen LogP contribution in [0.25, 0.3) is 0 Å². The smallest absolute Gasteiger partial charge is 0.142 e. The lowest BCUT2D eigenvalue weighted by atomic mass is 9.49. The van der Waals surface area contributed by atoms with Gasteiger partial charge in [0.1, 0.15) is 5.78 Å². The first-order valence-electron chi connectivity index (χ1n) is 12.0. The van der Waals surface area contributed by atoms with Gasteiger partial charge in [-0.2, -0.15) is 0 Å². The van der Waals surface area contributed by atoms with Crippen molar-refractivity contribution in [3.8, 4) is 0 Å². The van der Waals surface area contributed by atoms with Crippen LogP contribution in [0.2, 0.25) is 0 Å². The average Bonchev–Trinajstić information content (AvgIpc) is 3.29. The molecule has 1 heterocycles. The Labute approximate surface area is 173 Å². The predicted molar refractivity (Wildman–Crippen MR) is 110 cm³/mol. The van der Waals surface area contributed by atoms with Gasteiger partial charge < -0.3 is 5.11 Å². The van der Waals surface area contributed by atoms with Crippen LogP contribution in [-0.2, 0) is 11.2 Å². The van der Waals surface area contributed by atoms with Crippen LogP contribution < -0.4 is 0 Å². The SMILES string of the molecule is C[C@]12CC[C@@H]3[C@H]4CC[C@]5(O)CC5[C@H]4CC[C@H]3[C@@H]1CC[C@@H]2C(=O)Cc1cnccn1. The van der Waals surface area contributed by atoms with E-state index in [0.29, 0.717) is 18.1 Å². The van der Waals surface area contributed by atoms with Crippen LogP contribution in [0, 0.1) is 46.8 Å². The summed E-state index contributed by atoms with van der Waals surface area (Å²) in [6.45, 7) is 2.44. The third kappa shape index (κ3) is 2.70. The molecule has 0 radical (unpaired) electrons. The topological polar surface area (TPSA) is 63.1 Å². The maximum absolute atomic E-state index is 13.3. The maximum Gasteiger partial charge on any atom is 0.142 e. The highest BCUT2D eigenvalue weighted by Gasteiger charge is 2.65. The molecule has 5 aliphatic carbocycles. The van der Waals surface area contributed by atoms with Crippen LogP contribution in [0.1, 0.15) is 70.4 Å². The summed E-state index contributed by atoms with van der Waals surface area (Å²) in [4.78, 5) is 21.7. The van der Waals surface area contributed by atoms with Crippen LogP contribution in [0.3, 0.4) is 0 Å². The predicted octanol–water partition coefficient (Wildman–Crippen LogP) is 4.22. The number of nitrogens with zero attached hydrogens (tertiary/aromatic N) is 2. The van der Waals surface area contributed by atoms with Crippen molar-refractivity contribution in [3.63, 3.8) is 0 Å². The Morgan fingerprint density at radius 3 is 2.52 bits per heavy atom. The van der Waals surface area contributed by atoms with E-state index in [1.54, 1.807) is 18.6 Å². The molecular weight excluding hydrogens is 360 g/mol. The number of carbonyl (C=O) groups is 1. The van der Waals surface area contributed by atoms with Gasteiger partial charge in [-0.05, 0) is 98.7 Å². The van der Waals surface area contributed by atoms with E-state index in [0.717, 1.165) is 54.5 Å². The van der Waals surface area contributed by atoms with Crippen molar-refractivity contribution in [2.24, 2.45) is 46.8 Å². The Morgan fingerprint density at radius 1 is 1.00 bits per heavy atom.